The van der Waals surface area contributed by atoms with Gasteiger partial charge < -0.3 is 14.8 Å². The Kier molecular flexibility index (Phi) is 8.50. The highest BCUT2D eigenvalue weighted by Gasteiger charge is 2.54. The minimum absolute atomic E-state index is 0.148. The molecule has 1 saturated heterocycles. The number of hydrogen-bond acceptors (Lipinski definition) is 9. The lowest BCUT2D eigenvalue weighted by Gasteiger charge is -2.49. The number of carbonyl (C=O) groups is 3. The summed E-state index contributed by atoms with van der Waals surface area (Å²) >= 11 is 2.77. The quantitative estimate of drug-likeness (QED) is 0.216. The van der Waals surface area contributed by atoms with Crippen LogP contribution in [0, 0.1) is 0 Å². The summed E-state index contributed by atoms with van der Waals surface area (Å²) in [4.78, 5) is 41.2. The van der Waals surface area contributed by atoms with Gasteiger partial charge in [-0.2, -0.15) is 10.3 Å². The zero-order valence-electron chi connectivity index (χ0n) is 22.6. The fraction of sp³-hybridized carbons (Fsp3) is 0.276. The summed E-state index contributed by atoms with van der Waals surface area (Å²) in [6, 6.07) is 18.1. The van der Waals surface area contributed by atoms with Crippen molar-refractivity contribution in [2.24, 2.45) is 0 Å². The molecule has 1 fully saturated rings. The van der Waals surface area contributed by atoms with Crippen molar-refractivity contribution >= 4 is 41.5 Å². The third-order valence-electron chi connectivity index (χ3n) is 6.14. The van der Waals surface area contributed by atoms with Gasteiger partial charge in [0.2, 0.25) is 0 Å². The SMILES string of the molecule is CC(C)(C)OC(=O)N[C@@H]1C(=O)N2C(C(=O)OC(c3ccccc3)c3ccccc3)=C(/C=C/Sc3cn[nH]n3)CS[C@H]12. The summed E-state index contributed by atoms with van der Waals surface area (Å²) in [6.07, 6.45) is 1.99. The molecule has 41 heavy (non-hydrogen) atoms. The predicted octanol–water partition coefficient (Wildman–Crippen LogP) is 4.81. The van der Waals surface area contributed by atoms with E-state index >= 15 is 0 Å². The van der Waals surface area contributed by atoms with Crippen LogP contribution < -0.4 is 5.32 Å². The molecule has 12 heteroatoms. The molecule has 3 heterocycles. The topological polar surface area (TPSA) is 127 Å². The van der Waals surface area contributed by atoms with Crippen LogP contribution in [0.2, 0.25) is 0 Å². The largest absolute Gasteiger partial charge is 0.448 e. The van der Waals surface area contributed by atoms with E-state index in [1.54, 1.807) is 38.5 Å². The highest BCUT2D eigenvalue weighted by atomic mass is 32.2. The molecule has 2 amide bonds. The van der Waals surface area contributed by atoms with E-state index in [9.17, 15) is 14.4 Å². The van der Waals surface area contributed by atoms with Gasteiger partial charge in [0.1, 0.15) is 27.7 Å². The van der Waals surface area contributed by atoms with E-state index in [4.69, 9.17) is 9.47 Å². The standard InChI is InChI=1S/C29H29N5O5S2/c1-29(2,3)39-28(37)31-22-25(35)34-23(20(17-41-26(22)34)14-15-40-21-16-30-33-32-21)27(36)38-24(18-10-6-4-7-11-18)19-12-8-5-9-13-19/h4-16,22,24,26H,17H2,1-3H3,(H,31,37)(H,30,32,33)/b15-14+/t22-,26-/m1/s1. The Morgan fingerprint density at radius 1 is 1.12 bits per heavy atom. The van der Waals surface area contributed by atoms with Gasteiger partial charge in [-0.15, -0.1) is 16.9 Å². The molecule has 1 aromatic heterocycles. The minimum Gasteiger partial charge on any atom is -0.448 e. The van der Waals surface area contributed by atoms with Crippen molar-refractivity contribution in [3.8, 4) is 0 Å². The number of β-lactam (4-membered cyclic amide) rings is 1. The van der Waals surface area contributed by atoms with Crippen LogP contribution in [0.15, 0.2) is 94.6 Å². The monoisotopic (exact) mass is 591 g/mol. The van der Waals surface area contributed by atoms with Crippen molar-refractivity contribution < 1.29 is 23.9 Å². The highest BCUT2D eigenvalue weighted by Crippen LogP contribution is 2.42. The maximum Gasteiger partial charge on any atom is 0.408 e. The molecule has 0 bridgehead atoms. The van der Waals surface area contributed by atoms with Crippen molar-refractivity contribution in [1.29, 1.82) is 0 Å². The van der Waals surface area contributed by atoms with Crippen molar-refractivity contribution in [3.05, 3.63) is 101 Å². The molecule has 5 rings (SSSR count). The Labute approximate surface area is 245 Å². The first-order valence-electron chi connectivity index (χ1n) is 12.9. The Balaban J connectivity index is 1.44. The zero-order chi connectivity index (χ0) is 29.0. The lowest BCUT2D eigenvalue weighted by molar-refractivity contribution is -0.153. The fourth-order valence-electron chi connectivity index (χ4n) is 4.38. The number of nitrogens with one attached hydrogen (secondary N) is 2. The lowest BCUT2D eigenvalue weighted by atomic mass is 10.0. The van der Waals surface area contributed by atoms with Gasteiger partial charge in [0.05, 0.1) is 6.20 Å². The third-order valence-corrected chi connectivity index (χ3v) is 8.16. The van der Waals surface area contributed by atoms with Gasteiger partial charge in [0, 0.05) is 5.75 Å². The van der Waals surface area contributed by atoms with Gasteiger partial charge in [-0.25, -0.2) is 9.59 Å². The van der Waals surface area contributed by atoms with E-state index in [1.165, 1.54) is 28.4 Å². The number of esters is 1. The number of nitrogens with zero attached hydrogens (tertiary/aromatic N) is 3. The maximum absolute atomic E-state index is 13.9. The number of carbonyl (C=O) groups excluding carboxylic acids is 3. The number of aromatic nitrogens is 3. The number of rotatable bonds is 8. The van der Waals surface area contributed by atoms with Crippen LogP contribution in [0.4, 0.5) is 4.79 Å². The Bertz CT molecular complexity index is 1420. The molecule has 0 saturated carbocycles. The number of H-pyrrole nitrogens is 1. The summed E-state index contributed by atoms with van der Waals surface area (Å²) in [5.74, 6) is -0.628. The molecule has 2 atom stereocenters. The van der Waals surface area contributed by atoms with E-state index in [1.807, 2.05) is 60.7 Å². The molecule has 2 aliphatic heterocycles. The Hall–Kier alpha value is -4.03. The second-order valence-electron chi connectivity index (χ2n) is 10.2. The van der Waals surface area contributed by atoms with Crippen molar-refractivity contribution in [2.45, 2.75) is 48.9 Å². The van der Waals surface area contributed by atoms with E-state index in [0.29, 0.717) is 16.4 Å². The highest BCUT2D eigenvalue weighted by molar-refractivity contribution is 8.02. The van der Waals surface area contributed by atoms with Gasteiger partial charge in [-0.3, -0.25) is 9.69 Å². The molecule has 2 aromatic carbocycles. The van der Waals surface area contributed by atoms with Gasteiger partial charge >= 0.3 is 12.1 Å². The summed E-state index contributed by atoms with van der Waals surface area (Å²) in [7, 11) is 0. The summed E-state index contributed by atoms with van der Waals surface area (Å²) in [6.45, 7) is 5.25. The summed E-state index contributed by atoms with van der Waals surface area (Å²) < 4.78 is 11.5. The van der Waals surface area contributed by atoms with Crippen LogP contribution in [0.5, 0.6) is 0 Å². The number of fused-ring (bicyclic) bond motifs is 1. The van der Waals surface area contributed by atoms with E-state index in [-0.39, 0.29) is 5.70 Å². The van der Waals surface area contributed by atoms with Crippen LogP contribution in [-0.2, 0) is 19.1 Å². The van der Waals surface area contributed by atoms with Crippen LogP contribution in [0.25, 0.3) is 0 Å². The first kappa shape index (κ1) is 28.5. The van der Waals surface area contributed by atoms with E-state index in [0.717, 1.165) is 11.1 Å². The van der Waals surface area contributed by atoms with Crippen molar-refractivity contribution in [2.75, 3.05) is 5.75 Å². The number of amides is 2. The fourth-order valence-corrected chi connectivity index (χ4v) is 6.27. The predicted molar refractivity (Wildman–Crippen MR) is 155 cm³/mol. The first-order chi connectivity index (χ1) is 19.7. The number of aromatic amines is 1. The molecule has 0 radical (unpaired) electrons. The molecule has 3 aromatic rings. The second kappa shape index (κ2) is 12.2. The number of thioether (sulfide) groups is 2. The van der Waals surface area contributed by atoms with Crippen LogP contribution >= 0.6 is 23.5 Å². The summed E-state index contributed by atoms with van der Waals surface area (Å²) in [5, 5.41) is 15.0. The van der Waals surface area contributed by atoms with Gasteiger partial charge in [-0.05, 0) is 49.0 Å². The smallest absolute Gasteiger partial charge is 0.408 e. The Morgan fingerprint density at radius 2 is 1.78 bits per heavy atom. The van der Waals surface area contributed by atoms with Crippen LogP contribution in [0.1, 0.15) is 38.0 Å². The molecular weight excluding hydrogens is 562 g/mol. The average molecular weight is 592 g/mol. The van der Waals surface area contributed by atoms with Crippen molar-refractivity contribution in [1.82, 2.24) is 25.6 Å². The normalized spacial score (nSPS) is 18.7. The zero-order valence-corrected chi connectivity index (χ0v) is 24.3. The number of ether oxygens (including phenoxy) is 2. The molecule has 212 valence electrons. The number of allylic oxidation sites excluding steroid dienone is 1. The van der Waals surface area contributed by atoms with Gasteiger partial charge in [0.25, 0.3) is 5.91 Å². The van der Waals surface area contributed by atoms with Crippen LogP contribution in [-0.4, -0.2) is 61.1 Å². The maximum atomic E-state index is 13.9. The third kappa shape index (κ3) is 6.66. The number of hydrogen-bond donors (Lipinski definition) is 2. The van der Waals surface area contributed by atoms with Gasteiger partial charge in [-0.1, -0.05) is 72.4 Å². The first-order valence-corrected chi connectivity index (χ1v) is 14.8. The molecule has 10 nitrogen and oxygen atoms in total. The van der Waals surface area contributed by atoms with Crippen molar-refractivity contribution in [3.63, 3.8) is 0 Å². The van der Waals surface area contributed by atoms with Gasteiger partial charge in [0.15, 0.2) is 6.10 Å². The van der Waals surface area contributed by atoms with E-state index < -0.39 is 41.1 Å². The van der Waals surface area contributed by atoms with Crippen LogP contribution in [0.3, 0.4) is 0 Å². The molecule has 0 spiro atoms. The molecule has 2 aliphatic rings. The summed E-state index contributed by atoms with van der Waals surface area (Å²) in [5.41, 5.74) is 1.65. The number of alkyl carbamates (subject to hydrolysis) is 1. The molecule has 0 aliphatic carbocycles. The average Bonchev–Trinajstić information content (AvgIpc) is 3.48. The Morgan fingerprint density at radius 3 is 2.37 bits per heavy atom. The van der Waals surface area contributed by atoms with E-state index in [2.05, 4.69) is 20.7 Å². The lowest BCUT2D eigenvalue weighted by Crippen LogP contribution is -2.70. The minimum atomic E-state index is -0.827. The molecule has 0 unspecified atom stereocenters. The molecule has 2 N–H and O–H groups in total. The molecular formula is C29H29N5O5S2. The number of benzene rings is 2. The second-order valence-corrected chi connectivity index (χ2v) is 12.3.